The highest BCUT2D eigenvalue weighted by molar-refractivity contribution is 5.93. The van der Waals surface area contributed by atoms with Gasteiger partial charge in [-0.3, -0.25) is 0 Å². The number of hydrogen-bond acceptors (Lipinski definition) is 3. The lowest BCUT2D eigenvalue weighted by Crippen LogP contribution is -2.50. The Kier molecular flexibility index (Phi) is 6.49. The number of carbonyl (C=O) groups is 1. The maximum Gasteiger partial charge on any atom is 0.319 e. The Balaban J connectivity index is 2.79. The van der Waals surface area contributed by atoms with Crippen molar-refractivity contribution in [2.45, 2.75) is 39.2 Å². The zero-order valence-electron chi connectivity index (χ0n) is 13.4. The Morgan fingerprint density at radius 3 is 2.57 bits per heavy atom. The summed E-state index contributed by atoms with van der Waals surface area (Å²) < 4.78 is 0. The topological polar surface area (TPSA) is 64.6 Å². The van der Waals surface area contributed by atoms with Gasteiger partial charge in [0, 0.05) is 13.6 Å². The third-order valence-electron chi connectivity index (χ3n) is 3.60. The van der Waals surface area contributed by atoms with Crippen molar-refractivity contribution in [2.75, 3.05) is 30.4 Å². The molecular weight excluding hydrogens is 266 g/mol. The summed E-state index contributed by atoms with van der Waals surface area (Å²) in [5.41, 5.74) is 1.14. The Labute approximate surface area is 127 Å². The molecule has 5 nitrogen and oxygen atoms in total. The number of aliphatic hydroxyl groups is 1. The van der Waals surface area contributed by atoms with E-state index in [1.807, 2.05) is 45.2 Å². The number of benzene rings is 1. The van der Waals surface area contributed by atoms with Gasteiger partial charge in [-0.05, 0) is 32.4 Å². The number of nitrogens with one attached hydrogen (secondary N) is 2. The molecule has 3 N–H and O–H groups in total. The number of urea groups is 1. The van der Waals surface area contributed by atoms with E-state index < -0.39 is 5.54 Å². The first-order chi connectivity index (χ1) is 9.95. The molecule has 0 radical (unpaired) electrons. The van der Waals surface area contributed by atoms with Crippen LogP contribution in [0.3, 0.4) is 0 Å². The van der Waals surface area contributed by atoms with Crippen LogP contribution in [0.15, 0.2) is 24.3 Å². The molecule has 1 rings (SSSR count). The number of rotatable bonds is 7. The number of para-hydroxylation sites is 2. The molecule has 1 aromatic rings. The maximum absolute atomic E-state index is 12.2. The first kappa shape index (κ1) is 17.3. The largest absolute Gasteiger partial charge is 0.394 e. The SMILES string of the molecule is CCCC(C)(CO)NC(=O)Nc1ccccc1N(C)CC. The zero-order valence-corrected chi connectivity index (χ0v) is 13.4. The van der Waals surface area contributed by atoms with E-state index in [4.69, 9.17) is 0 Å². The molecule has 0 aliphatic rings. The number of anilines is 2. The van der Waals surface area contributed by atoms with Crippen LogP contribution in [0, 0.1) is 0 Å². The van der Waals surface area contributed by atoms with Crippen molar-refractivity contribution < 1.29 is 9.90 Å². The van der Waals surface area contributed by atoms with Gasteiger partial charge in [-0.1, -0.05) is 25.5 Å². The highest BCUT2D eigenvalue weighted by Crippen LogP contribution is 2.24. The Bertz CT molecular complexity index is 465. The van der Waals surface area contributed by atoms with E-state index in [-0.39, 0.29) is 12.6 Å². The van der Waals surface area contributed by atoms with E-state index in [0.717, 1.165) is 30.8 Å². The monoisotopic (exact) mass is 293 g/mol. The summed E-state index contributed by atoms with van der Waals surface area (Å²) in [5.74, 6) is 0. The minimum atomic E-state index is -0.593. The second-order valence-electron chi connectivity index (χ2n) is 5.58. The van der Waals surface area contributed by atoms with Crippen LogP contribution in [-0.4, -0.2) is 36.9 Å². The molecule has 0 aliphatic heterocycles. The predicted molar refractivity (Wildman–Crippen MR) is 87.9 cm³/mol. The summed E-state index contributed by atoms with van der Waals surface area (Å²) in [6.45, 7) is 6.70. The third kappa shape index (κ3) is 4.93. The molecule has 0 heterocycles. The van der Waals surface area contributed by atoms with Gasteiger partial charge in [0.2, 0.25) is 0 Å². The number of nitrogens with zero attached hydrogens (tertiary/aromatic N) is 1. The van der Waals surface area contributed by atoms with Gasteiger partial charge in [0.15, 0.2) is 0 Å². The van der Waals surface area contributed by atoms with E-state index in [2.05, 4.69) is 22.5 Å². The first-order valence-electron chi connectivity index (χ1n) is 7.46. The molecule has 0 aliphatic carbocycles. The van der Waals surface area contributed by atoms with Gasteiger partial charge in [-0.2, -0.15) is 0 Å². The van der Waals surface area contributed by atoms with Crippen molar-refractivity contribution in [3.8, 4) is 0 Å². The van der Waals surface area contributed by atoms with Crippen LogP contribution in [0.5, 0.6) is 0 Å². The lowest BCUT2D eigenvalue weighted by atomic mass is 9.98. The second-order valence-corrected chi connectivity index (χ2v) is 5.58. The molecule has 0 spiro atoms. The molecule has 1 unspecified atom stereocenters. The summed E-state index contributed by atoms with van der Waals surface area (Å²) in [7, 11) is 1.98. The van der Waals surface area contributed by atoms with Crippen molar-refractivity contribution in [2.24, 2.45) is 0 Å². The number of carbonyl (C=O) groups excluding carboxylic acids is 1. The van der Waals surface area contributed by atoms with Crippen LogP contribution in [-0.2, 0) is 0 Å². The molecule has 0 aromatic heterocycles. The van der Waals surface area contributed by atoms with Crippen molar-refractivity contribution >= 4 is 17.4 Å². The summed E-state index contributed by atoms with van der Waals surface area (Å²) in [5, 5.41) is 15.2. The van der Waals surface area contributed by atoms with Gasteiger partial charge in [0.25, 0.3) is 0 Å². The van der Waals surface area contributed by atoms with Crippen molar-refractivity contribution in [1.29, 1.82) is 0 Å². The smallest absolute Gasteiger partial charge is 0.319 e. The van der Waals surface area contributed by atoms with Gasteiger partial charge in [-0.15, -0.1) is 0 Å². The van der Waals surface area contributed by atoms with E-state index >= 15 is 0 Å². The van der Waals surface area contributed by atoms with Crippen LogP contribution in [0.2, 0.25) is 0 Å². The normalized spacial score (nSPS) is 13.4. The van der Waals surface area contributed by atoms with E-state index in [9.17, 15) is 9.90 Å². The first-order valence-corrected chi connectivity index (χ1v) is 7.46. The number of aliphatic hydroxyl groups excluding tert-OH is 1. The van der Waals surface area contributed by atoms with E-state index in [1.54, 1.807) is 0 Å². The minimum absolute atomic E-state index is 0.0786. The quantitative estimate of drug-likeness (QED) is 0.724. The Hall–Kier alpha value is -1.75. The molecule has 0 fully saturated rings. The van der Waals surface area contributed by atoms with Crippen LogP contribution in [0.4, 0.5) is 16.2 Å². The lowest BCUT2D eigenvalue weighted by Gasteiger charge is -2.29. The summed E-state index contributed by atoms with van der Waals surface area (Å²) in [6.07, 6.45) is 1.62. The minimum Gasteiger partial charge on any atom is -0.394 e. The van der Waals surface area contributed by atoms with E-state index in [0.29, 0.717) is 0 Å². The number of amides is 2. The summed E-state index contributed by atoms with van der Waals surface area (Å²) >= 11 is 0. The lowest BCUT2D eigenvalue weighted by molar-refractivity contribution is 0.167. The van der Waals surface area contributed by atoms with Gasteiger partial charge in [0.05, 0.1) is 23.5 Å². The Morgan fingerprint density at radius 1 is 1.33 bits per heavy atom. The predicted octanol–water partition coefficient (Wildman–Crippen LogP) is 2.82. The van der Waals surface area contributed by atoms with Crippen molar-refractivity contribution in [3.05, 3.63) is 24.3 Å². The molecule has 1 aromatic carbocycles. The highest BCUT2D eigenvalue weighted by atomic mass is 16.3. The standard InChI is InChI=1S/C16H27N3O2/c1-5-11-16(3,12-20)18-15(21)17-13-9-7-8-10-14(13)19(4)6-2/h7-10,20H,5-6,11-12H2,1-4H3,(H2,17,18,21). The molecule has 0 saturated carbocycles. The summed E-state index contributed by atoms with van der Waals surface area (Å²) in [4.78, 5) is 14.2. The van der Waals surface area contributed by atoms with Gasteiger partial charge in [0.1, 0.15) is 0 Å². The fraction of sp³-hybridized carbons (Fsp3) is 0.562. The molecule has 2 amide bonds. The maximum atomic E-state index is 12.2. The van der Waals surface area contributed by atoms with Gasteiger partial charge < -0.3 is 20.6 Å². The average Bonchev–Trinajstić information content (AvgIpc) is 2.47. The van der Waals surface area contributed by atoms with Crippen LogP contribution in [0.1, 0.15) is 33.6 Å². The molecule has 1 atom stereocenters. The molecule has 118 valence electrons. The highest BCUT2D eigenvalue weighted by Gasteiger charge is 2.24. The molecule has 5 heteroatoms. The van der Waals surface area contributed by atoms with Crippen LogP contribution >= 0.6 is 0 Å². The van der Waals surface area contributed by atoms with Crippen molar-refractivity contribution in [1.82, 2.24) is 5.32 Å². The van der Waals surface area contributed by atoms with Gasteiger partial charge >= 0.3 is 6.03 Å². The molecule has 0 bridgehead atoms. The summed E-state index contributed by atoms with van der Waals surface area (Å²) in [6, 6.07) is 7.38. The fourth-order valence-corrected chi connectivity index (χ4v) is 2.24. The fourth-order valence-electron chi connectivity index (χ4n) is 2.24. The molecular formula is C16H27N3O2. The number of hydrogen-bond donors (Lipinski definition) is 3. The van der Waals surface area contributed by atoms with Crippen LogP contribution < -0.4 is 15.5 Å². The van der Waals surface area contributed by atoms with Crippen molar-refractivity contribution in [3.63, 3.8) is 0 Å². The van der Waals surface area contributed by atoms with Crippen LogP contribution in [0.25, 0.3) is 0 Å². The average molecular weight is 293 g/mol. The molecule has 21 heavy (non-hydrogen) atoms. The van der Waals surface area contributed by atoms with Gasteiger partial charge in [-0.25, -0.2) is 4.79 Å². The third-order valence-corrected chi connectivity index (χ3v) is 3.60. The van der Waals surface area contributed by atoms with E-state index in [1.165, 1.54) is 0 Å². The second kappa shape index (κ2) is 7.88. The molecule has 0 saturated heterocycles. The zero-order chi connectivity index (χ0) is 15.9. The Morgan fingerprint density at radius 2 is 2.00 bits per heavy atom.